The number of hydrogen-bond donors (Lipinski definition) is 0. The summed E-state index contributed by atoms with van der Waals surface area (Å²) in [5, 5.41) is 5.38. The summed E-state index contributed by atoms with van der Waals surface area (Å²) in [6.45, 7) is 4.10. The molecule has 0 atom stereocenters. The number of aromatic nitrogens is 4. The number of nitrogens with zero attached hydrogens (tertiary/aromatic N) is 5. The van der Waals surface area contributed by atoms with Crippen LogP contribution in [0.2, 0.25) is 0 Å². The van der Waals surface area contributed by atoms with E-state index in [4.69, 9.17) is 4.42 Å². The van der Waals surface area contributed by atoms with Gasteiger partial charge in [-0.1, -0.05) is 91.5 Å². The molecule has 0 bridgehead atoms. The van der Waals surface area contributed by atoms with E-state index in [9.17, 15) is 0 Å². The smallest absolute Gasteiger partial charge is 0.661 e. The molecule has 5 heterocycles. The van der Waals surface area contributed by atoms with Crippen LogP contribution in [0, 0.1) is 13.8 Å². The average molecular weight is 597 g/mol. The Morgan fingerprint density at radius 2 is 1.48 bits per heavy atom. The molecule has 5 aromatic heterocycles. The second-order valence-electron chi connectivity index (χ2n) is 9.88. The molecule has 3 aromatic carbocycles. The van der Waals surface area contributed by atoms with Crippen LogP contribution >= 0.6 is 0 Å². The van der Waals surface area contributed by atoms with Gasteiger partial charge in [0.1, 0.15) is 11.1 Å². The minimum absolute atomic E-state index is 0. The van der Waals surface area contributed by atoms with Gasteiger partial charge in [-0.15, -0.1) is 5.69 Å². The second kappa shape index (κ2) is 11.6. The van der Waals surface area contributed by atoms with Crippen LogP contribution in [0.5, 0.6) is 0 Å². The normalized spacial score (nSPS) is 11.5. The van der Waals surface area contributed by atoms with Crippen molar-refractivity contribution in [2.24, 2.45) is 4.99 Å². The molecule has 0 unspecified atom stereocenters. The first kappa shape index (κ1) is 27.3. The van der Waals surface area contributed by atoms with Gasteiger partial charge < -0.3 is 19.4 Å². The Hall–Kier alpha value is -4.87. The van der Waals surface area contributed by atoms with E-state index < -0.39 is 0 Å². The van der Waals surface area contributed by atoms with E-state index in [1.807, 2.05) is 79.7 Å². The Bertz CT molecular complexity index is 2250. The summed E-state index contributed by atoms with van der Waals surface area (Å²) in [4.78, 5) is 22.6. The van der Waals surface area contributed by atoms with E-state index in [1.54, 1.807) is 18.6 Å². The van der Waals surface area contributed by atoms with Crippen molar-refractivity contribution in [3.8, 4) is 11.3 Å². The van der Waals surface area contributed by atoms with Crippen LogP contribution in [0.25, 0.3) is 54.9 Å². The van der Waals surface area contributed by atoms with Crippen molar-refractivity contribution >= 4 is 49.4 Å². The zero-order valence-corrected chi connectivity index (χ0v) is 26.3. The van der Waals surface area contributed by atoms with E-state index in [1.165, 1.54) is 5.56 Å². The van der Waals surface area contributed by atoms with Crippen molar-refractivity contribution in [2.45, 2.75) is 13.8 Å². The van der Waals surface area contributed by atoms with Crippen LogP contribution in [0.4, 0.5) is 5.82 Å². The molecule has 42 heavy (non-hydrogen) atoms. The van der Waals surface area contributed by atoms with E-state index in [2.05, 4.69) is 56.1 Å². The summed E-state index contributed by atoms with van der Waals surface area (Å²) >= 11 is 0. The summed E-state index contributed by atoms with van der Waals surface area (Å²) in [5.74, 6) is 0.706. The molecule has 0 saturated carbocycles. The predicted octanol–water partition coefficient (Wildman–Crippen LogP) is 7.80. The Balaban J connectivity index is 0.000000147. The molecule has 0 aliphatic rings. The van der Waals surface area contributed by atoms with Crippen LogP contribution in [0.1, 0.15) is 11.3 Å². The number of aryl methyl sites for hydroxylation is 2. The number of furan rings is 1. The maximum Gasteiger partial charge on any atom is 2.00 e. The molecule has 0 radical (unpaired) electrons. The van der Waals surface area contributed by atoms with Gasteiger partial charge in [-0.25, -0.2) is 0 Å². The van der Waals surface area contributed by atoms with E-state index in [0.29, 0.717) is 11.3 Å². The summed E-state index contributed by atoms with van der Waals surface area (Å²) in [5.41, 5.74) is 7.60. The number of hydrogen-bond acceptors (Lipinski definition) is 4. The summed E-state index contributed by atoms with van der Waals surface area (Å²) in [7, 11) is 0. The molecule has 0 spiro atoms. The maximum atomic E-state index is 5.87. The van der Waals surface area contributed by atoms with Crippen molar-refractivity contribution in [3.63, 3.8) is 0 Å². The number of pyridine rings is 3. The number of fused-ring (bicyclic) bond motifs is 5. The first-order valence-corrected chi connectivity index (χ1v) is 13.4. The second-order valence-corrected chi connectivity index (χ2v) is 9.88. The van der Waals surface area contributed by atoms with Crippen molar-refractivity contribution < 1.29 is 23.9 Å². The Labute approximate surface area is 255 Å². The van der Waals surface area contributed by atoms with Gasteiger partial charge in [0, 0.05) is 17.8 Å². The first-order valence-electron chi connectivity index (χ1n) is 13.4. The minimum atomic E-state index is 0. The zero-order valence-electron chi connectivity index (χ0n) is 23.3. The summed E-state index contributed by atoms with van der Waals surface area (Å²) in [6, 6.07) is 32.2. The van der Waals surface area contributed by atoms with E-state index in [-0.39, 0.29) is 19.5 Å². The third-order valence-electron chi connectivity index (χ3n) is 7.11. The molecule has 0 fully saturated rings. The molecule has 0 aliphatic heterocycles. The van der Waals surface area contributed by atoms with Crippen molar-refractivity contribution in [3.05, 3.63) is 132 Å². The van der Waals surface area contributed by atoms with Crippen LogP contribution in [0.3, 0.4) is 0 Å². The third kappa shape index (κ3) is 5.04. The minimum Gasteiger partial charge on any atom is -0.661 e. The van der Waals surface area contributed by atoms with Crippen LogP contribution in [-0.2, 0) is 19.5 Å². The fraction of sp³-hybridized carbons (Fsp3) is 0.0571. The molecule has 0 N–H and O–H groups in total. The van der Waals surface area contributed by atoms with E-state index >= 15 is 0 Å². The molecular formula is C35H25N5OZn. The SMILES string of the molecule is Cc1cc(C)c(-c2cccc3oc4cccnc4c23)[n-]1.[Zn+2].c1ccc2c(N=c3[n-]ccc4ccccc34)nccc2c1. The van der Waals surface area contributed by atoms with Gasteiger partial charge in [0.15, 0.2) is 5.58 Å². The van der Waals surface area contributed by atoms with Crippen LogP contribution in [0.15, 0.2) is 125 Å². The molecule has 0 aliphatic carbocycles. The number of rotatable bonds is 2. The van der Waals surface area contributed by atoms with Gasteiger partial charge in [0.25, 0.3) is 0 Å². The van der Waals surface area contributed by atoms with Gasteiger partial charge in [-0.05, 0) is 58.4 Å². The standard InChI is InChI=1S/C18H12N3.C17H13N2O.Zn/c1-3-7-15-13(5-1)9-11-19-17(15)21-18-16-8-4-2-6-14(16)10-12-20-18;1-10-9-11(2)19-16(10)12-5-3-6-13-15(12)17-14(20-13)7-4-8-18-17;/h1-12H;3-9H,1-2H3;/q2*-1;+2. The van der Waals surface area contributed by atoms with Gasteiger partial charge in [0.05, 0.1) is 11.2 Å². The number of benzene rings is 3. The van der Waals surface area contributed by atoms with Crippen molar-refractivity contribution in [1.29, 1.82) is 0 Å². The van der Waals surface area contributed by atoms with Gasteiger partial charge in [0.2, 0.25) is 0 Å². The summed E-state index contributed by atoms with van der Waals surface area (Å²) in [6.07, 6.45) is 5.36. The Kier molecular flexibility index (Phi) is 7.51. The monoisotopic (exact) mass is 595 g/mol. The summed E-state index contributed by atoms with van der Waals surface area (Å²) < 4.78 is 5.87. The third-order valence-corrected chi connectivity index (χ3v) is 7.11. The largest absolute Gasteiger partial charge is 2.00 e. The molecule has 198 valence electrons. The average Bonchev–Trinajstić information content (AvgIpc) is 3.56. The fourth-order valence-corrected chi connectivity index (χ4v) is 5.27. The quantitative estimate of drug-likeness (QED) is 0.190. The molecule has 8 rings (SSSR count). The van der Waals surface area contributed by atoms with E-state index in [0.717, 1.165) is 60.6 Å². The zero-order chi connectivity index (χ0) is 27.8. The molecular weight excluding hydrogens is 572 g/mol. The van der Waals surface area contributed by atoms with Crippen molar-refractivity contribution in [1.82, 2.24) is 19.9 Å². The van der Waals surface area contributed by atoms with Crippen LogP contribution in [-0.4, -0.2) is 9.97 Å². The predicted molar refractivity (Wildman–Crippen MR) is 164 cm³/mol. The first-order chi connectivity index (χ1) is 20.2. The molecule has 8 aromatic rings. The Morgan fingerprint density at radius 1 is 0.714 bits per heavy atom. The molecule has 0 amide bonds. The maximum absolute atomic E-state index is 5.87. The molecule has 6 nitrogen and oxygen atoms in total. The van der Waals surface area contributed by atoms with Crippen LogP contribution < -0.4 is 15.5 Å². The van der Waals surface area contributed by atoms with Crippen molar-refractivity contribution in [2.75, 3.05) is 0 Å². The molecule has 7 heteroatoms. The Morgan fingerprint density at radius 3 is 2.29 bits per heavy atom. The van der Waals surface area contributed by atoms with Gasteiger partial charge in [-0.3, -0.25) is 9.97 Å². The van der Waals surface area contributed by atoms with Gasteiger partial charge >= 0.3 is 19.5 Å². The fourth-order valence-electron chi connectivity index (χ4n) is 5.27. The topological polar surface area (TPSA) is 79.5 Å². The van der Waals surface area contributed by atoms with Gasteiger partial charge in [-0.2, -0.15) is 5.69 Å². The molecule has 0 saturated heterocycles.